The topological polar surface area (TPSA) is 101 Å². The number of aliphatic hydroxyl groups is 1. The number of phenolic OH excluding ortho intramolecular Hbond substituents is 1. The third kappa shape index (κ3) is 2.62. The van der Waals surface area contributed by atoms with E-state index in [0.717, 1.165) is 0 Å². The van der Waals surface area contributed by atoms with Crippen LogP contribution in [0.25, 0.3) is 0 Å². The zero-order chi connectivity index (χ0) is 20.0. The second kappa shape index (κ2) is 6.49. The molecule has 0 radical (unpaired) electrons. The summed E-state index contributed by atoms with van der Waals surface area (Å²) in [7, 11) is 0. The van der Waals surface area contributed by atoms with Gasteiger partial charge < -0.3 is 14.9 Å². The number of benzene rings is 2. The first-order valence-corrected chi connectivity index (χ1v) is 8.69. The fourth-order valence-electron chi connectivity index (χ4n) is 3.76. The highest BCUT2D eigenvalue weighted by molar-refractivity contribution is 6.09. The molecule has 0 bridgehead atoms. The largest absolute Gasteiger partial charge is 0.507 e. The van der Waals surface area contributed by atoms with E-state index in [1.54, 1.807) is 36.4 Å². The van der Waals surface area contributed by atoms with E-state index in [-0.39, 0.29) is 22.5 Å². The van der Waals surface area contributed by atoms with Crippen LogP contribution in [0.3, 0.4) is 0 Å². The molecule has 2 unspecified atom stereocenters. The summed E-state index contributed by atoms with van der Waals surface area (Å²) in [6, 6.07) is 12.8. The molecular formula is C22H16O6. The Morgan fingerprint density at radius 2 is 1.68 bits per heavy atom. The van der Waals surface area contributed by atoms with Crippen molar-refractivity contribution in [3.8, 4) is 11.5 Å². The summed E-state index contributed by atoms with van der Waals surface area (Å²) in [6.45, 7) is 1.24. The molecule has 2 aromatic rings. The first-order chi connectivity index (χ1) is 13.4. The molecule has 4 rings (SSSR count). The Kier molecular flexibility index (Phi) is 4.11. The fourth-order valence-corrected chi connectivity index (χ4v) is 3.76. The van der Waals surface area contributed by atoms with Gasteiger partial charge in [-0.3, -0.25) is 9.59 Å². The van der Waals surface area contributed by atoms with E-state index in [9.17, 15) is 24.6 Å². The molecule has 0 aromatic heterocycles. The van der Waals surface area contributed by atoms with E-state index in [4.69, 9.17) is 4.74 Å². The lowest BCUT2D eigenvalue weighted by atomic mass is 9.70. The Balaban J connectivity index is 1.95. The van der Waals surface area contributed by atoms with E-state index < -0.39 is 35.1 Å². The monoisotopic (exact) mass is 376 g/mol. The highest BCUT2D eigenvalue weighted by Crippen LogP contribution is 2.48. The summed E-state index contributed by atoms with van der Waals surface area (Å²) in [4.78, 5) is 37.9. The van der Waals surface area contributed by atoms with Crippen LogP contribution in [-0.4, -0.2) is 27.7 Å². The number of aromatic hydroxyl groups is 1. The van der Waals surface area contributed by atoms with Gasteiger partial charge in [0, 0.05) is 11.5 Å². The second-order valence-corrected chi connectivity index (χ2v) is 6.71. The van der Waals surface area contributed by atoms with E-state index >= 15 is 0 Å². The van der Waals surface area contributed by atoms with E-state index in [2.05, 4.69) is 0 Å². The van der Waals surface area contributed by atoms with Gasteiger partial charge in [0.15, 0.2) is 11.6 Å². The molecule has 140 valence electrons. The maximum Gasteiger partial charge on any atom is 0.343 e. The van der Waals surface area contributed by atoms with Crippen LogP contribution < -0.4 is 4.74 Å². The second-order valence-electron chi connectivity index (χ2n) is 6.71. The standard InChI is InChI=1S/C22H16O6/c1-11(23)14-10-15(20(25)12-6-2-4-8-16(12)24)18-13-7-3-5-9-17(13)28-22(27)19(18)21(14)26/h2-10,15,18,24,26H,1H3. The van der Waals surface area contributed by atoms with Crippen molar-refractivity contribution in [2.24, 2.45) is 5.92 Å². The Bertz CT molecular complexity index is 1090. The zero-order valence-corrected chi connectivity index (χ0v) is 14.9. The number of rotatable bonds is 3. The quantitative estimate of drug-likeness (QED) is 0.485. The lowest BCUT2D eigenvalue weighted by Crippen LogP contribution is -2.35. The highest BCUT2D eigenvalue weighted by Gasteiger charge is 2.46. The normalized spacial score (nSPS) is 20.6. The molecule has 1 heterocycles. The van der Waals surface area contributed by atoms with E-state index in [0.29, 0.717) is 11.3 Å². The van der Waals surface area contributed by atoms with Crippen LogP contribution in [0, 0.1) is 5.92 Å². The maximum absolute atomic E-state index is 13.3. The molecule has 1 aliphatic heterocycles. The minimum absolute atomic E-state index is 0.0730. The number of allylic oxidation sites excluding steroid dienone is 2. The van der Waals surface area contributed by atoms with Gasteiger partial charge in [0.25, 0.3) is 0 Å². The van der Waals surface area contributed by atoms with Crippen molar-refractivity contribution in [1.82, 2.24) is 0 Å². The number of ether oxygens (including phenoxy) is 1. The van der Waals surface area contributed by atoms with Crippen molar-refractivity contribution >= 4 is 17.5 Å². The van der Waals surface area contributed by atoms with Gasteiger partial charge in [-0.1, -0.05) is 36.4 Å². The van der Waals surface area contributed by atoms with Crippen LogP contribution in [-0.2, 0) is 9.59 Å². The molecule has 6 nitrogen and oxygen atoms in total. The van der Waals surface area contributed by atoms with Crippen LogP contribution in [0.4, 0.5) is 0 Å². The number of carbonyl (C=O) groups is 3. The minimum atomic E-state index is -0.966. The molecule has 0 fully saturated rings. The molecule has 6 heteroatoms. The third-order valence-electron chi connectivity index (χ3n) is 5.05. The van der Waals surface area contributed by atoms with Crippen molar-refractivity contribution in [3.05, 3.63) is 82.6 Å². The van der Waals surface area contributed by atoms with Gasteiger partial charge in [-0.15, -0.1) is 0 Å². The number of aliphatic hydroxyl groups excluding tert-OH is 1. The molecule has 2 aromatic carbocycles. The number of Topliss-reactive ketones (excluding diaryl/α,β-unsaturated/α-hetero) is 2. The molecule has 0 spiro atoms. The molecule has 0 saturated heterocycles. The summed E-state index contributed by atoms with van der Waals surface area (Å²) in [6.07, 6.45) is 1.37. The first-order valence-electron chi connectivity index (χ1n) is 8.69. The lowest BCUT2D eigenvalue weighted by Gasteiger charge is -2.34. The number of hydrogen-bond donors (Lipinski definition) is 2. The lowest BCUT2D eigenvalue weighted by molar-refractivity contribution is -0.131. The number of carbonyl (C=O) groups excluding carboxylic acids is 3. The molecule has 28 heavy (non-hydrogen) atoms. The minimum Gasteiger partial charge on any atom is -0.507 e. The third-order valence-corrected chi connectivity index (χ3v) is 5.05. The van der Waals surface area contributed by atoms with Gasteiger partial charge >= 0.3 is 5.97 Å². The number of fused-ring (bicyclic) bond motifs is 3. The highest BCUT2D eigenvalue weighted by atomic mass is 16.5. The molecule has 2 atom stereocenters. The smallest absolute Gasteiger partial charge is 0.343 e. The van der Waals surface area contributed by atoms with Crippen LogP contribution in [0.2, 0.25) is 0 Å². The predicted molar refractivity (Wildman–Crippen MR) is 99.2 cm³/mol. The van der Waals surface area contributed by atoms with Crippen molar-refractivity contribution in [1.29, 1.82) is 0 Å². The van der Waals surface area contributed by atoms with Gasteiger partial charge in [-0.25, -0.2) is 4.79 Å². The molecular weight excluding hydrogens is 360 g/mol. The number of para-hydroxylation sites is 2. The Morgan fingerprint density at radius 3 is 2.39 bits per heavy atom. The maximum atomic E-state index is 13.3. The molecule has 0 amide bonds. The SMILES string of the molecule is CC(=O)C1=CC(C(=O)c2ccccc2O)C2C(=C1O)C(=O)Oc1ccccc12. The Morgan fingerprint density at radius 1 is 1.00 bits per heavy atom. The summed E-state index contributed by atoms with van der Waals surface area (Å²) in [5, 5.41) is 20.7. The van der Waals surface area contributed by atoms with Gasteiger partial charge in [-0.05, 0) is 25.1 Å². The van der Waals surface area contributed by atoms with Gasteiger partial charge in [0.2, 0.25) is 0 Å². The molecule has 2 aliphatic rings. The Hall–Kier alpha value is -3.67. The number of phenols is 1. The van der Waals surface area contributed by atoms with E-state index in [1.165, 1.54) is 25.1 Å². The van der Waals surface area contributed by atoms with Crippen LogP contribution in [0.5, 0.6) is 11.5 Å². The van der Waals surface area contributed by atoms with Gasteiger partial charge in [0.1, 0.15) is 17.3 Å². The van der Waals surface area contributed by atoms with Crippen LogP contribution >= 0.6 is 0 Å². The molecule has 2 N–H and O–H groups in total. The first kappa shape index (κ1) is 17.7. The van der Waals surface area contributed by atoms with Crippen molar-refractivity contribution in [3.63, 3.8) is 0 Å². The van der Waals surface area contributed by atoms with Gasteiger partial charge in [-0.2, -0.15) is 0 Å². The van der Waals surface area contributed by atoms with Crippen LogP contribution in [0.1, 0.15) is 28.8 Å². The summed E-state index contributed by atoms with van der Waals surface area (Å²) in [5.41, 5.74) is 0.386. The van der Waals surface area contributed by atoms with Gasteiger partial charge in [0.05, 0.1) is 22.6 Å². The summed E-state index contributed by atoms with van der Waals surface area (Å²) < 4.78 is 5.30. The average molecular weight is 376 g/mol. The number of ketones is 2. The summed E-state index contributed by atoms with van der Waals surface area (Å²) in [5.74, 6) is -3.91. The average Bonchev–Trinajstić information content (AvgIpc) is 2.67. The van der Waals surface area contributed by atoms with Crippen molar-refractivity contribution in [2.75, 3.05) is 0 Å². The van der Waals surface area contributed by atoms with Crippen molar-refractivity contribution < 1.29 is 29.3 Å². The summed E-state index contributed by atoms with van der Waals surface area (Å²) >= 11 is 0. The number of hydrogen-bond acceptors (Lipinski definition) is 6. The van der Waals surface area contributed by atoms with E-state index in [1.807, 2.05) is 0 Å². The molecule has 0 saturated carbocycles. The Labute approximate surface area is 160 Å². The van der Waals surface area contributed by atoms with Crippen molar-refractivity contribution in [2.45, 2.75) is 12.8 Å². The molecule has 1 aliphatic carbocycles. The van der Waals surface area contributed by atoms with Crippen LogP contribution in [0.15, 0.2) is 71.5 Å². The number of esters is 1. The zero-order valence-electron chi connectivity index (χ0n) is 14.9. The predicted octanol–water partition coefficient (Wildman–Crippen LogP) is 3.24. The fraction of sp³-hybridized carbons (Fsp3) is 0.136.